The van der Waals surface area contributed by atoms with Crippen LogP contribution in [0.2, 0.25) is 0 Å². The van der Waals surface area contributed by atoms with Gasteiger partial charge in [-0.05, 0) is 12.1 Å². The number of anilines is 1. The Morgan fingerprint density at radius 1 is 1.47 bits per heavy atom. The predicted molar refractivity (Wildman–Crippen MR) is 56.1 cm³/mol. The summed E-state index contributed by atoms with van der Waals surface area (Å²) < 4.78 is 0. The fourth-order valence-corrected chi connectivity index (χ4v) is 1.22. The molecule has 0 aliphatic carbocycles. The molecular weight excluding hydrogens is 190 g/mol. The van der Waals surface area contributed by atoms with Gasteiger partial charge in [-0.1, -0.05) is 0 Å². The van der Waals surface area contributed by atoms with Crippen LogP contribution in [-0.2, 0) is 0 Å². The van der Waals surface area contributed by atoms with E-state index in [0.29, 0.717) is 17.3 Å². The molecule has 0 bridgehead atoms. The number of nitrogens with one attached hydrogen (secondary N) is 2. The summed E-state index contributed by atoms with van der Waals surface area (Å²) in [7, 11) is 1.75. The van der Waals surface area contributed by atoms with Crippen LogP contribution in [0, 0.1) is 11.3 Å². The molecule has 0 spiro atoms. The number of nitrogens with zero attached hydrogens (tertiary/aromatic N) is 3. The fourth-order valence-electron chi connectivity index (χ4n) is 1.22. The molecule has 0 unspecified atom stereocenters. The average molecular weight is 199 g/mol. The first-order chi connectivity index (χ1) is 7.33. The molecule has 2 aromatic rings. The predicted octanol–water partition coefficient (Wildman–Crippen LogP) is 1.39. The Bertz CT molecular complexity index is 495. The van der Waals surface area contributed by atoms with Crippen molar-refractivity contribution in [3.8, 4) is 17.6 Å². The molecule has 2 heterocycles. The zero-order chi connectivity index (χ0) is 10.7. The molecule has 2 N–H and O–H groups in total. The summed E-state index contributed by atoms with van der Waals surface area (Å²) in [6.07, 6.45) is 1.79. The minimum atomic E-state index is 0.346. The Kier molecular flexibility index (Phi) is 2.33. The van der Waals surface area contributed by atoms with E-state index >= 15 is 0 Å². The normalized spacial score (nSPS) is 9.60. The van der Waals surface area contributed by atoms with Crippen LogP contribution in [0.3, 0.4) is 0 Å². The van der Waals surface area contributed by atoms with Crippen molar-refractivity contribution >= 4 is 5.82 Å². The van der Waals surface area contributed by atoms with Crippen LogP contribution in [-0.4, -0.2) is 22.0 Å². The van der Waals surface area contributed by atoms with E-state index in [1.165, 1.54) is 0 Å². The average Bonchev–Trinajstić information content (AvgIpc) is 2.81. The second-order valence-corrected chi connectivity index (χ2v) is 2.91. The van der Waals surface area contributed by atoms with Gasteiger partial charge in [0.15, 0.2) is 5.82 Å². The smallest absolute Gasteiger partial charge is 0.179 e. The number of aromatic amines is 1. The highest BCUT2D eigenvalue weighted by Crippen LogP contribution is 2.15. The third-order valence-electron chi connectivity index (χ3n) is 1.94. The van der Waals surface area contributed by atoms with Crippen molar-refractivity contribution in [2.45, 2.75) is 0 Å². The minimum absolute atomic E-state index is 0.346. The Morgan fingerprint density at radius 2 is 2.33 bits per heavy atom. The van der Waals surface area contributed by atoms with Crippen molar-refractivity contribution in [1.82, 2.24) is 15.0 Å². The van der Waals surface area contributed by atoms with E-state index in [-0.39, 0.29) is 0 Å². The Balaban J connectivity index is 2.53. The second kappa shape index (κ2) is 3.80. The molecule has 0 aliphatic rings. The van der Waals surface area contributed by atoms with E-state index in [0.717, 1.165) is 5.69 Å². The fraction of sp³-hybridized carbons (Fsp3) is 0.100. The molecule has 0 saturated carbocycles. The van der Waals surface area contributed by atoms with Crippen LogP contribution >= 0.6 is 0 Å². The van der Waals surface area contributed by atoms with Crippen LogP contribution < -0.4 is 5.32 Å². The lowest BCUT2D eigenvalue weighted by atomic mass is 10.3. The molecule has 0 aliphatic heterocycles. The van der Waals surface area contributed by atoms with E-state index in [1.54, 1.807) is 19.3 Å². The quantitative estimate of drug-likeness (QED) is 0.766. The van der Waals surface area contributed by atoms with Gasteiger partial charge in [-0.15, -0.1) is 0 Å². The SMILES string of the molecule is CNc1cc(C#N)nc(-c2ccc[nH]2)n1. The first-order valence-corrected chi connectivity index (χ1v) is 4.44. The summed E-state index contributed by atoms with van der Waals surface area (Å²) in [4.78, 5) is 11.3. The molecule has 15 heavy (non-hydrogen) atoms. The summed E-state index contributed by atoms with van der Waals surface area (Å²) in [6.45, 7) is 0. The molecule has 5 heteroatoms. The van der Waals surface area contributed by atoms with Crippen LogP contribution in [0.5, 0.6) is 0 Å². The third kappa shape index (κ3) is 1.79. The van der Waals surface area contributed by atoms with Crippen LogP contribution in [0.25, 0.3) is 11.5 Å². The molecular formula is C10H9N5. The van der Waals surface area contributed by atoms with Gasteiger partial charge in [0.1, 0.15) is 17.6 Å². The Labute approximate surface area is 86.8 Å². The molecule has 2 aromatic heterocycles. The van der Waals surface area contributed by atoms with Crippen LogP contribution in [0.15, 0.2) is 24.4 Å². The number of hydrogen-bond donors (Lipinski definition) is 2. The van der Waals surface area contributed by atoms with Crippen molar-refractivity contribution in [1.29, 1.82) is 5.26 Å². The second-order valence-electron chi connectivity index (χ2n) is 2.91. The standard InChI is InChI=1S/C10H9N5/c1-12-9-5-7(6-11)14-10(15-9)8-3-2-4-13-8/h2-5,13H,1H3,(H,12,14,15). The first kappa shape index (κ1) is 9.21. The van der Waals surface area contributed by atoms with Gasteiger partial charge in [0.05, 0.1) is 5.69 Å². The Morgan fingerprint density at radius 3 is 2.93 bits per heavy atom. The minimum Gasteiger partial charge on any atom is -0.373 e. The van der Waals surface area contributed by atoms with Gasteiger partial charge in [-0.3, -0.25) is 0 Å². The monoisotopic (exact) mass is 199 g/mol. The number of aromatic nitrogens is 3. The van der Waals surface area contributed by atoms with Gasteiger partial charge in [0.2, 0.25) is 0 Å². The number of nitriles is 1. The summed E-state index contributed by atoms with van der Waals surface area (Å²) in [5.74, 6) is 1.15. The molecule has 0 atom stereocenters. The lowest BCUT2D eigenvalue weighted by molar-refractivity contribution is 1.12. The van der Waals surface area contributed by atoms with Crippen molar-refractivity contribution in [3.05, 3.63) is 30.1 Å². The maximum Gasteiger partial charge on any atom is 0.179 e. The number of rotatable bonds is 2. The van der Waals surface area contributed by atoms with Gasteiger partial charge in [-0.2, -0.15) is 5.26 Å². The van der Waals surface area contributed by atoms with E-state index in [2.05, 4.69) is 20.3 Å². The summed E-state index contributed by atoms with van der Waals surface area (Å²) >= 11 is 0. The van der Waals surface area contributed by atoms with Crippen molar-refractivity contribution < 1.29 is 0 Å². The topological polar surface area (TPSA) is 77.4 Å². The molecule has 0 amide bonds. The van der Waals surface area contributed by atoms with Crippen molar-refractivity contribution in [2.24, 2.45) is 0 Å². The van der Waals surface area contributed by atoms with Gasteiger partial charge >= 0.3 is 0 Å². The lowest BCUT2D eigenvalue weighted by Gasteiger charge is -2.02. The zero-order valence-electron chi connectivity index (χ0n) is 8.15. The summed E-state index contributed by atoms with van der Waals surface area (Å²) in [5, 5.41) is 11.7. The van der Waals surface area contributed by atoms with Gasteiger partial charge in [-0.25, -0.2) is 9.97 Å². The van der Waals surface area contributed by atoms with Crippen LogP contribution in [0.1, 0.15) is 5.69 Å². The molecule has 0 fully saturated rings. The molecule has 2 rings (SSSR count). The van der Waals surface area contributed by atoms with E-state index in [1.807, 2.05) is 18.2 Å². The van der Waals surface area contributed by atoms with Crippen molar-refractivity contribution in [2.75, 3.05) is 12.4 Å². The van der Waals surface area contributed by atoms with Gasteiger partial charge in [0, 0.05) is 19.3 Å². The first-order valence-electron chi connectivity index (χ1n) is 4.44. The summed E-state index contributed by atoms with van der Waals surface area (Å²) in [6, 6.07) is 7.32. The van der Waals surface area contributed by atoms with E-state index in [4.69, 9.17) is 5.26 Å². The van der Waals surface area contributed by atoms with Gasteiger partial charge in [0.25, 0.3) is 0 Å². The zero-order valence-corrected chi connectivity index (χ0v) is 8.15. The maximum absolute atomic E-state index is 8.80. The molecule has 74 valence electrons. The highest BCUT2D eigenvalue weighted by Gasteiger charge is 2.05. The largest absolute Gasteiger partial charge is 0.373 e. The van der Waals surface area contributed by atoms with Crippen LogP contribution in [0.4, 0.5) is 5.82 Å². The molecule has 5 nitrogen and oxygen atoms in total. The van der Waals surface area contributed by atoms with Crippen molar-refractivity contribution in [3.63, 3.8) is 0 Å². The number of hydrogen-bond acceptors (Lipinski definition) is 4. The molecule has 0 saturated heterocycles. The summed E-state index contributed by atoms with van der Waals surface area (Å²) in [5.41, 5.74) is 1.14. The molecule has 0 radical (unpaired) electrons. The van der Waals surface area contributed by atoms with E-state index < -0.39 is 0 Å². The Hall–Kier alpha value is -2.35. The lowest BCUT2D eigenvalue weighted by Crippen LogP contribution is -1.98. The molecule has 0 aromatic carbocycles. The third-order valence-corrected chi connectivity index (χ3v) is 1.94. The number of H-pyrrole nitrogens is 1. The highest BCUT2D eigenvalue weighted by molar-refractivity contribution is 5.54. The van der Waals surface area contributed by atoms with E-state index in [9.17, 15) is 0 Å². The van der Waals surface area contributed by atoms with Gasteiger partial charge < -0.3 is 10.3 Å². The highest BCUT2D eigenvalue weighted by atomic mass is 15.0. The maximum atomic E-state index is 8.80.